The van der Waals surface area contributed by atoms with Crippen LogP contribution in [-0.4, -0.2) is 22.2 Å². The van der Waals surface area contributed by atoms with Crippen LogP contribution < -0.4 is 16.1 Å². The summed E-state index contributed by atoms with van der Waals surface area (Å²) in [5, 5.41) is 11.3. The molecule has 7 nitrogen and oxygen atoms in total. The van der Waals surface area contributed by atoms with Crippen molar-refractivity contribution in [2.24, 2.45) is 0 Å². The number of rotatable bonds is 3. The summed E-state index contributed by atoms with van der Waals surface area (Å²) in [6, 6.07) is 13.7. The van der Waals surface area contributed by atoms with Gasteiger partial charge in [-0.3, -0.25) is 0 Å². The average Bonchev–Trinajstić information content (AvgIpc) is 2.67. The van der Waals surface area contributed by atoms with Gasteiger partial charge >= 0.3 is 5.63 Å². The summed E-state index contributed by atoms with van der Waals surface area (Å²) < 4.78 is 10.3. The lowest BCUT2D eigenvalue weighted by Crippen LogP contribution is -2.00. The monoisotopic (exact) mass is 375 g/mol. The summed E-state index contributed by atoms with van der Waals surface area (Å²) in [6.45, 7) is 1.74. The molecule has 0 atom stereocenters. The maximum absolute atomic E-state index is 11.6. The van der Waals surface area contributed by atoms with Crippen LogP contribution in [0.4, 0.5) is 5.95 Å². The molecule has 28 heavy (non-hydrogen) atoms. The van der Waals surface area contributed by atoms with Crippen molar-refractivity contribution in [1.29, 1.82) is 0 Å². The highest BCUT2D eigenvalue weighted by molar-refractivity contribution is 5.93. The standard InChI is InChI=1S/C21H17N3O4/c1-11-9-18(25)28-17-8-7-14(20(26)19(11)17)16-10-15(23-21(22)24-16)12-3-5-13(27-2)6-4-12/h3-10,26H,1-2H3,(H2,22,23,24). The van der Waals surface area contributed by atoms with Gasteiger partial charge in [-0.05, 0) is 55.0 Å². The number of hydrogen-bond donors (Lipinski definition) is 2. The molecule has 0 spiro atoms. The third-order valence-corrected chi connectivity index (χ3v) is 4.48. The third-order valence-electron chi connectivity index (χ3n) is 4.48. The Morgan fingerprint density at radius 3 is 2.46 bits per heavy atom. The van der Waals surface area contributed by atoms with Crippen LogP contribution in [0.15, 0.2) is 57.7 Å². The van der Waals surface area contributed by atoms with Gasteiger partial charge in [-0.25, -0.2) is 14.8 Å². The number of aryl methyl sites for hydroxylation is 1. The molecule has 0 saturated heterocycles. The second-order valence-electron chi connectivity index (χ2n) is 6.31. The van der Waals surface area contributed by atoms with Gasteiger partial charge in [-0.15, -0.1) is 0 Å². The van der Waals surface area contributed by atoms with E-state index in [-0.39, 0.29) is 11.7 Å². The number of benzene rings is 2. The lowest BCUT2D eigenvalue weighted by Gasteiger charge is -2.11. The molecule has 0 aliphatic heterocycles. The zero-order valence-electron chi connectivity index (χ0n) is 15.3. The van der Waals surface area contributed by atoms with E-state index in [2.05, 4.69) is 9.97 Å². The van der Waals surface area contributed by atoms with E-state index in [1.807, 2.05) is 24.3 Å². The summed E-state index contributed by atoms with van der Waals surface area (Å²) in [4.78, 5) is 20.1. The Hall–Kier alpha value is -3.87. The minimum atomic E-state index is -0.467. The topological polar surface area (TPSA) is 111 Å². The van der Waals surface area contributed by atoms with E-state index in [0.717, 1.165) is 11.3 Å². The molecule has 2 aromatic heterocycles. The largest absolute Gasteiger partial charge is 0.506 e. The molecule has 0 aliphatic carbocycles. The molecule has 0 saturated carbocycles. The molecular weight excluding hydrogens is 358 g/mol. The van der Waals surface area contributed by atoms with Crippen molar-refractivity contribution in [2.75, 3.05) is 12.8 Å². The number of aromatic nitrogens is 2. The number of methoxy groups -OCH3 is 1. The van der Waals surface area contributed by atoms with Gasteiger partial charge in [0.1, 0.15) is 17.1 Å². The fourth-order valence-electron chi connectivity index (χ4n) is 3.15. The molecule has 7 heteroatoms. The number of nitrogen functional groups attached to an aromatic ring is 1. The first kappa shape index (κ1) is 17.5. The number of hydrogen-bond acceptors (Lipinski definition) is 7. The highest BCUT2D eigenvalue weighted by atomic mass is 16.5. The molecule has 3 N–H and O–H groups in total. The average molecular weight is 375 g/mol. The first-order valence-corrected chi connectivity index (χ1v) is 8.52. The number of ether oxygens (including phenoxy) is 1. The Morgan fingerprint density at radius 1 is 1.04 bits per heavy atom. The van der Waals surface area contributed by atoms with Crippen LogP contribution in [0.2, 0.25) is 0 Å². The predicted molar refractivity (Wildman–Crippen MR) is 106 cm³/mol. The van der Waals surface area contributed by atoms with Crippen molar-refractivity contribution < 1.29 is 14.3 Å². The van der Waals surface area contributed by atoms with E-state index in [4.69, 9.17) is 14.9 Å². The molecule has 0 radical (unpaired) electrons. The smallest absolute Gasteiger partial charge is 0.336 e. The van der Waals surface area contributed by atoms with E-state index < -0.39 is 5.63 Å². The zero-order valence-corrected chi connectivity index (χ0v) is 15.3. The van der Waals surface area contributed by atoms with E-state index in [1.165, 1.54) is 6.07 Å². The highest BCUT2D eigenvalue weighted by Gasteiger charge is 2.16. The number of fused-ring (bicyclic) bond motifs is 1. The van der Waals surface area contributed by atoms with Gasteiger partial charge in [0.05, 0.1) is 23.9 Å². The Labute approximate surface area is 160 Å². The van der Waals surface area contributed by atoms with Crippen molar-refractivity contribution in [3.8, 4) is 34.0 Å². The van der Waals surface area contributed by atoms with Gasteiger partial charge in [0, 0.05) is 17.2 Å². The van der Waals surface area contributed by atoms with Crippen LogP contribution in [0.25, 0.3) is 33.5 Å². The Morgan fingerprint density at radius 2 is 1.75 bits per heavy atom. The maximum Gasteiger partial charge on any atom is 0.336 e. The number of phenols is 1. The fraction of sp³-hybridized carbons (Fsp3) is 0.0952. The lowest BCUT2D eigenvalue weighted by molar-refractivity contribution is 0.415. The molecule has 0 amide bonds. The van der Waals surface area contributed by atoms with Crippen molar-refractivity contribution in [3.63, 3.8) is 0 Å². The molecule has 140 valence electrons. The van der Waals surface area contributed by atoms with Crippen LogP contribution in [-0.2, 0) is 0 Å². The summed E-state index contributed by atoms with van der Waals surface area (Å²) in [6.07, 6.45) is 0. The fourth-order valence-corrected chi connectivity index (χ4v) is 3.15. The number of nitrogens with two attached hydrogens (primary N) is 1. The summed E-state index contributed by atoms with van der Waals surface area (Å²) in [7, 11) is 1.60. The molecule has 0 aliphatic rings. The summed E-state index contributed by atoms with van der Waals surface area (Å²) in [5.74, 6) is 0.784. The van der Waals surface area contributed by atoms with Gasteiger partial charge in [0.2, 0.25) is 5.95 Å². The van der Waals surface area contributed by atoms with Gasteiger partial charge < -0.3 is 20.0 Å². The van der Waals surface area contributed by atoms with Crippen molar-refractivity contribution in [3.05, 3.63) is 64.5 Å². The lowest BCUT2D eigenvalue weighted by atomic mass is 10.0. The first-order chi connectivity index (χ1) is 13.5. The Balaban J connectivity index is 1.88. The molecule has 0 fully saturated rings. The molecule has 0 unspecified atom stereocenters. The van der Waals surface area contributed by atoms with Crippen LogP contribution in [0.5, 0.6) is 11.5 Å². The first-order valence-electron chi connectivity index (χ1n) is 8.52. The quantitative estimate of drug-likeness (QED) is 0.527. The van der Waals surface area contributed by atoms with E-state index in [9.17, 15) is 9.90 Å². The van der Waals surface area contributed by atoms with E-state index in [0.29, 0.717) is 33.5 Å². The van der Waals surface area contributed by atoms with Crippen molar-refractivity contribution in [1.82, 2.24) is 9.97 Å². The van der Waals surface area contributed by atoms with E-state index in [1.54, 1.807) is 32.2 Å². The molecular formula is C21H17N3O4. The van der Waals surface area contributed by atoms with Crippen LogP contribution in [0.3, 0.4) is 0 Å². The van der Waals surface area contributed by atoms with Gasteiger partial charge in [0.25, 0.3) is 0 Å². The molecule has 2 aromatic carbocycles. The maximum atomic E-state index is 11.6. The predicted octanol–water partition coefficient (Wildman–Crippen LogP) is 3.52. The van der Waals surface area contributed by atoms with Crippen LogP contribution >= 0.6 is 0 Å². The van der Waals surface area contributed by atoms with Gasteiger partial charge in [-0.1, -0.05) is 0 Å². The van der Waals surface area contributed by atoms with Crippen molar-refractivity contribution >= 4 is 16.9 Å². The number of phenolic OH excluding ortho intramolecular Hbond substituents is 1. The number of anilines is 1. The Bertz CT molecular complexity index is 1250. The minimum Gasteiger partial charge on any atom is -0.506 e. The molecule has 2 heterocycles. The number of aromatic hydroxyl groups is 1. The van der Waals surface area contributed by atoms with Crippen LogP contribution in [0, 0.1) is 6.92 Å². The Kier molecular flexibility index (Phi) is 4.19. The molecule has 0 bridgehead atoms. The van der Waals surface area contributed by atoms with Gasteiger partial charge in [-0.2, -0.15) is 0 Å². The van der Waals surface area contributed by atoms with E-state index >= 15 is 0 Å². The highest BCUT2D eigenvalue weighted by Crippen LogP contribution is 2.37. The molecule has 4 aromatic rings. The van der Waals surface area contributed by atoms with Gasteiger partial charge in [0.15, 0.2) is 0 Å². The summed E-state index contributed by atoms with van der Waals surface area (Å²) in [5.41, 5.74) is 8.74. The van der Waals surface area contributed by atoms with Crippen molar-refractivity contribution in [2.45, 2.75) is 6.92 Å². The normalized spacial score (nSPS) is 10.9. The molecule has 4 rings (SSSR count). The summed E-state index contributed by atoms with van der Waals surface area (Å²) >= 11 is 0. The minimum absolute atomic E-state index is 0.0301. The zero-order chi connectivity index (χ0) is 19.8. The third kappa shape index (κ3) is 3.03. The second kappa shape index (κ2) is 6.70. The SMILES string of the molecule is COc1ccc(-c2cc(-c3ccc4oc(=O)cc(C)c4c3O)nc(N)n2)cc1. The number of nitrogens with zero attached hydrogens (tertiary/aromatic N) is 2. The second-order valence-corrected chi connectivity index (χ2v) is 6.31. The van der Waals surface area contributed by atoms with Crippen LogP contribution in [0.1, 0.15) is 5.56 Å².